The standard InChI is InChI=1S/C22H24N2O3/c1-16(25)24-14-12-18-5-3-4-6-20(18)21(24)15-22(26)23-13-11-17-7-9-19(27-2)10-8-17/h3-10,12,14,21H,11,13,15H2,1-2H3,(H,23,26). The number of nitrogens with zero attached hydrogens (tertiary/aromatic N) is 1. The number of benzene rings is 2. The highest BCUT2D eigenvalue weighted by Crippen LogP contribution is 2.32. The third-order valence-corrected chi connectivity index (χ3v) is 4.74. The van der Waals surface area contributed by atoms with Gasteiger partial charge in [0.15, 0.2) is 0 Å². The molecule has 2 aromatic carbocycles. The van der Waals surface area contributed by atoms with Gasteiger partial charge in [0.25, 0.3) is 0 Å². The van der Waals surface area contributed by atoms with Crippen molar-refractivity contribution in [2.45, 2.75) is 25.8 Å². The maximum absolute atomic E-state index is 12.5. The number of ether oxygens (including phenoxy) is 1. The monoisotopic (exact) mass is 364 g/mol. The molecule has 5 heteroatoms. The van der Waals surface area contributed by atoms with Crippen molar-refractivity contribution in [1.82, 2.24) is 10.2 Å². The summed E-state index contributed by atoms with van der Waals surface area (Å²) in [7, 11) is 1.64. The number of nitrogens with one attached hydrogen (secondary N) is 1. The molecule has 1 aliphatic rings. The normalized spacial score (nSPS) is 15.2. The van der Waals surface area contributed by atoms with E-state index in [1.165, 1.54) is 6.92 Å². The van der Waals surface area contributed by atoms with Gasteiger partial charge in [0, 0.05) is 19.7 Å². The zero-order valence-corrected chi connectivity index (χ0v) is 15.6. The first-order valence-electron chi connectivity index (χ1n) is 9.04. The summed E-state index contributed by atoms with van der Waals surface area (Å²) in [6.45, 7) is 2.07. The summed E-state index contributed by atoms with van der Waals surface area (Å²) in [5, 5.41) is 2.97. The Hall–Kier alpha value is -3.08. The number of hydrogen-bond donors (Lipinski definition) is 1. The molecule has 1 unspecified atom stereocenters. The van der Waals surface area contributed by atoms with E-state index < -0.39 is 0 Å². The fourth-order valence-electron chi connectivity index (χ4n) is 3.30. The van der Waals surface area contributed by atoms with Crippen LogP contribution < -0.4 is 10.1 Å². The van der Waals surface area contributed by atoms with Crippen LogP contribution in [0.4, 0.5) is 0 Å². The molecule has 1 atom stereocenters. The SMILES string of the molecule is COc1ccc(CCNC(=O)CC2c3ccccc3C=CN2C(C)=O)cc1. The first-order valence-corrected chi connectivity index (χ1v) is 9.04. The lowest BCUT2D eigenvalue weighted by atomic mass is 9.93. The Morgan fingerprint density at radius 2 is 1.85 bits per heavy atom. The molecule has 27 heavy (non-hydrogen) atoms. The Kier molecular flexibility index (Phi) is 5.91. The average molecular weight is 364 g/mol. The number of rotatable bonds is 6. The van der Waals surface area contributed by atoms with E-state index in [9.17, 15) is 9.59 Å². The lowest BCUT2D eigenvalue weighted by Gasteiger charge is -2.32. The van der Waals surface area contributed by atoms with Crippen molar-refractivity contribution >= 4 is 17.9 Å². The van der Waals surface area contributed by atoms with E-state index in [1.807, 2.05) is 54.6 Å². The van der Waals surface area contributed by atoms with Gasteiger partial charge in [0.05, 0.1) is 19.6 Å². The molecule has 3 rings (SSSR count). The minimum Gasteiger partial charge on any atom is -0.497 e. The van der Waals surface area contributed by atoms with Crippen molar-refractivity contribution in [3.63, 3.8) is 0 Å². The molecule has 140 valence electrons. The van der Waals surface area contributed by atoms with Crippen LogP contribution in [-0.4, -0.2) is 30.4 Å². The summed E-state index contributed by atoms with van der Waals surface area (Å²) < 4.78 is 5.15. The number of carbonyl (C=O) groups is 2. The van der Waals surface area contributed by atoms with Crippen LogP contribution in [0.1, 0.15) is 36.1 Å². The first-order chi connectivity index (χ1) is 13.1. The molecule has 0 bridgehead atoms. The molecule has 0 fully saturated rings. The fourth-order valence-corrected chi connectivity index (χ4v) is 3.30. The predicted octanol–water partition coefficient (Wildman–Crippen LogP) is 3.32. The zero-order valence-electron chi connectivity index (χ0n) is 15.6. The number of methoxy groups -OCH3 is 1. The van der Waals surface area contributed by atoms with Gasteiger partial charge >= 0.3 is 0 Å². The largest absolute Gasteiger partial charge is 0.497 e. The minimum absolute atomic E-state index is 0.0649. The molecule has 0 saturated heterocycles. The molecule has 1 heterocycles. The number of fused-ring (bicyclic) bond motifs is 1. The minimum atomic E-state index is -0.273. The molecule has 5 nitrogen and oxygen atoms in total. The van der Waals surface area contributed by atoms with E-state index in [4.69, 9.17) is 4.74 Å². The first kappa shape index (κ1) is 18.7. The predicted molar refractivity (Wildman–Crippen MR) is 105 cm³/mol. The van der Waals surface area contributed by atoms with Crippen LogP contribution in [0, 0.1) is 0 Å². The number of carbonyl (C=O) groups excluding carboxylic acids is 2. The molecule has 1 aliphatic heterocycles. The summed E-state index contributed by atoms with van der Waals surface area (Å²) in [5.74, 6) is 0.678. The second-order valence-corrected chi connectivity index (χ2v) is 6.54. The van der Waals surface area contributed by atoms with Gasteiger partial charge in [-0.1, -0.05) is 36.4 Å². The molecule has 0 radical (unpaired) electrons. The highest BCUT2D eigenvalue weighted by molar-refractivity contribution is 5.81. The summed E-state index contributed by atoms with van der Waals surface area (Å²) in [4.78, 5) is 26.1. The van der Waals surface area contributed by atoms with Gasteiger partial charge in [-0.3, -0.25) is 9.59 Å². The molecule has 0 spiro atoms. The quantitative estimate of drug-likeness (QED) is 0.855. The molecule has 2 aromatic rings. The van der Waals surface area contributed by atoms with E-state index in [0.717, 1.165) is 28.9 Å². The van der Waals surface area contributed by atoms with Crippen LogP contribution in [0.25, 0.3) is 6.08 Å². The van der Waals surface area contributed by atoms with E-state index in [2.05, 4.69) is 5.32 Å². The molecule has 2 amide bonds. The van der Waals surface area contributed by atoms with Crippen molar-refractivity contribution < 1.29 is 14.3 Å². The van der Waals surface area contributed by atoms with Crippen LogP contribution >= 0.6 is 0 Å². The summed E-state index contributed by atoms with van der Waals surface area (Å²) in [6.07, 6.45) is 4.66. The smallest absolute Gasteiger partial charge is 0.223 e. The van der Waals surface area contributed by atoms with Gasteiger partial charge in [-0.05, 0) is 41.3 Å². The molecule has 1 N–H and O–H groups in total. The summed E-state index contributed by atoms with van der Waals surface area (Å²) in [6, 6.07) is 15.4. The Bertz CT molecular complexity index is 843. The third-order valence-electron chi connectivity index (χ3n) is 4.74. The van der Waals surface area contributed by atoms with Gasteiger partial charge in [-0.25, -0.2) is 0 Å². The second-order valence-electron chi connectivity index (χ2n) is 6.54. The van der Waals surface area contributed by atoms with Crippen molar-refractivity contribution in [2.75, 3.05) is 13.7 Å². The summed E-state index contributed by atoms with van der Waals surface area (Å²) in [5.41, 5.74) is 3.18. The maximum atomic E-state index is 12.5. The molecule has 0 aliphatic carbocycles. The molecule has 0 saturated carbocycles. The molecular formula is C22H24N2O3. The topological polar surface area (TPSA) is 58.6 Å². The Balaban J connectivity index is 1.60. The Labute approximate surface area is 159 Å². The zero-order chi connectivity index (χ0) is 19.2. The average Bonchev–Trinajstić information content (AvgIpc) is 2.68. The van der Waals surface area contributed by atoms with Gasteiger partial charge in [0.2, 0.25) is 11.8 Å². The Morgan fingerprint density at radius 3 is 2.56 bits per heavy atom. The van der Waals surface area contributed by atoms with Crippen LogP contribution in [0.3, 0.4) is 0 Å². The van der Waals surface area contributed by atoms with Crippen LogP contribution in [0.2, 0.25) is 0 Å². The Morgan fingerprint density at radius 1 is 1.11 bits per heavy atom. The van der Waals surface area contributed by atoms with Crippen molar-refractivity contribution in [2.24, 2.45) is 0 Å². The molecular weight excluding hydrogens is 340 g/mol. The third kappa shape index (κ3) is 4.56. The number of hydrogen-bond acceptors (Lipinski definition) is 3. The van der Waals surface area contributed by atoms with Gasteiger partial charge in [-0.15, -0.1) is 0 Å². The van der Waals surface area contributed by atoms with Crippen LogP contribution in [0.15, 0.2) is 54.7 Å². The second kappa shape index (κ2) is 8.54. The van der Waals surface area contributed by atoms with Crippen molar-refractivity contribution in [3.8, 4) is 5.75 Å². The van der Waals surface area contributed by atoms with E-state index in [-0.39, 0.29) is 24.3 Å². The number of amides is 2. The van der Waals surface area contributed by atoms with Gasteiger partial charge in [-0.2, -0.15) is 0 Å². The van der Waals surface area contributed by atoms with Gasteiger partial charge in [0.1, 0.15) is 5.75 Å². The van der Waals surface area contributed by atoms with Crippen LogP contribution in [0.5, 0.6) is 5.75 Å². The highest BCUT2D eigenvalue weighted by atomic mass is 16.5. The lowest BCUT2D eigenvalue weighted by molar-refractivity contribution is -0.129. The van der Waals surface area contributed by atoms with Gasteiger partial charge < -0.3 is 15.0 Å². The fraction of sp³-hybridized carbons (Fsp3) is 0.273. The maximum Gasteiger partial charge on any atom is 0.223 e. The summed E-state index contributed by atoms with van der Waals surface area (Å²) >= 11 is 0. The van der Waals surface area contributed by atoms with Crippen LogP contribution in [-0.2, 0) is 16.0 Å². The highest BCUT2D eigenvalue weighted by Gasteiger charge is 2.27. The lowest BCUT2D eigenvalue weighted by Crippen LogP contribution is -2.35. The van der Waals surface area contributed by atoms with E-state index in [0.29, 0.717) is 6.54 Å². The van der Waals surface area contributed by atoms with E-state index in [1.54, 1.807) is 18.2 Å². The molecule has 0 aromatic heterocycles. The van der Waals surface area contributed by atoms with E-state index >= 15 is 0 Å². The van der Waals surface area contributed by atoms with Crippen molar-refractivity contribution in [3.05, 3.63) is 71.4 Å². The van der Waals surface area contributed by atoms with Crippen molar-refractivity contribution in [1.29, 1.82) is 0 Å².